The minimum atomic E-state index is -0.516. The first-order chi connectivity index (χ1) is 15.1. The number of hydrogen-bond donors (Lipinski definition) is 4. The van der Waals surface area contributed by atoms with Crippen molar-refractivity contribution in [2.75, 3.05) is 43.4 Å². The fraction of sp³-hybridized carbons (Fsp3) is 0.391. The molecular weight excluding hydrogens is 446 g/mol. The zero-order valence-corrected chi connectivity index (χ0v) is 19.4. The lowest BCUT2D eigenvalue weighted by Gasteiger charge is -2.29. The van der Waals surface area contributed by atoms with E-state index in [0.29, 0.717) is 28.4 Å². The second-order valence-electron chi connectivity index (χ2n) is 8.19. The molecule has 1 aliphatic carbocycles. The van der Waals surface area contributed by atoms with E-state index in [0.717, 1.165) is 55.7 Å². The predicted octanol–water partition coefficient (Wildman–Crippen LogP) is 2.66. The number of hydrogen-bond acceptors (Lipinski definition) is 7. The van der Waals surface area contributed by atoms with Crippen LogP contribution in [0.2, 0.25) is 0 Å². The molecule has 5 N–H and O–H groups in total. The van der Waals surface area contributed by atoms with Gasteiger partial charge in [-0.05, 0) is 48.6 Å². The van der Waals surface area contributed by atoms with Crippen LogP contribution in [0, 0.1) is 0 Å². The third-order valence-electron chi connectivity index (χ3n) is 6.16. The van der Waals surface area contributed by atoms with Gasteiger partial charge in [-0.15, -0.1) is 23.7 Å². The maximum Gasteiger partial charge on any atom is 0.263 e. The third-order valence-corrected chi connectivity index (χ3v) is 7.27. The van der Waals surface area contributed by atoms with Crippen LogP contribution in [-0.2, 0) is 12.8 Å². The minimum absolute atomic E-state index is 0. The number of nitrogens with one attached hydrogen (secondary N) is 2. The molecule has 1 amide bonds. The molecule has 32 heavy (non-hydrogen) atoms. The second-order valence-corrected chi connectivity index (χ2v) is 9.19. The molecular formula is C23H28ClN5O2S. The summed E-state index contributed by atoms with van der Waals surface area (Å²) in [7, 11) is 0. The summed E-state index contributed by atoms with van der Waals surface area (Å²) in [5.41, 5.74) is 11.0. The lowest BCUT2D eigenvalue weighted by Crippen LogP contribution is -2.43. The lowest BCUT2D eigenvalue weighted by atomic mass is 10.1. The maximum atomic E-state index is 12.7. The molecule has 0 spiro atoms. The highest BCUT2D eigenvalue weighted by Crippen LogP contribution is 2.38. The van der Waals surface area contributed by atoms with Crippen LogP contribution in [0.1, 0.15) is 39.0 Å². The number of anilines is 2. The van der Waals surface area contributed by atoms with E-state index in [4.69, 9.17) is 5.73 Å². The number of carbonyl (C=O) groups excluding carboxylic acids is 1. The van der Waals surface area contributed by atoms with Gasteiger partial charge in [-0.3, -0.25) is 4.79 Å². The van der Waals surface area contributed by atoms with Crippen molar-refractivity contribution in [2.45, 2.75) is 25.4 Å². The number of rotatable bonds is 5. The van der Waals surface area contributed by atoms with Crippen molar-refractivity contribution in [3.63, 3.8) is 0 Å². The molecule has 170 valence electrons. The number of aromatic nitrogens is 1. The molecule has 7 nitrogen and oxygen atoms in total. The SMILES string of the molecule is Cl.Nc1c(C(=O)NCCc2ccc(N3CCNCC3)cc2)sc2nc3c(cc12)CCC3O. The Bertz CT molecular complexity index is 1110. The van der Waals surface area contributed by atoms with Gasteiger partial charge >= 0.3 is 0 Å². The molecule has 0 saturated carbocycles. The molecule has 0 bridgehead atoms. The summed E-state index contributed by atoms with van der Waals surface area (Å²) < 4.78 is 0. The molecule has 2 aliphatic rings. The summed E-state index contributed by atoms with van der Waals surface area (Å²) in [4.78, 5) is 20.9. The van der Waals surface area contributed by atoms with Crippen LogP contribution in [0.4, 0.5) is 11.4 Å². The average Bonchev–Trinajstić information content (AvgIpc) is 3.33. The summed E-state index contributed by atoms with van der Waals surface area (Å²) >= 11 is 1.29. The van der Waals surface area contributed by atoms with Gasteiger partial charge in [-0.2, -0.15) is 0 Å². The zero-order chi connectivity index (χ0) is 21.4. The normalized spacial score (nSPS) is 17.8. The number of benzene rings is 1. The summed E-state index contributed by atoms with van der Waals surface area (Å²) in [5.74, 6) is -0.168. The number of thiophene rings is 1. The number of aliphatic hydroxyl groups excluding tert-OH is 1. The van der Waals surface area contributed by atoms with Crippen LogP contribution in [0.3, 0.4) is 0 Å². The number of nitrogens with two attached hydrogens (primary N) is 1. The first kappa shape index (κ1) is 22.8. The van der Waals surface area contributed by atoms with E-state index in [1.165, 1.54) is 22.6 Å². The number of aliphatic hydroxyl groups is 1. The van der Waals surface area contributed by atoms with E-state index in [1.54, 1.807) is 0 Å². The Balaban J connectivity index is 0.00000245. The van der Waals surface area contributed by atoms with Crippen LogP contribution in [-0.4, -0.2) is 48.7 Å². The summed E-state index contributed by atoms with van der Waals surface area (Å²) in [6.45, 7) is 4.65. The van der Waals surface area contributed by atoms with Gasteiger partial charge in [0.05, 0.1) is 17.5 Å². The topological polar surface area (TPSA) is 104 Å². The highest BCUT2D eigenvalue weighted by molar-refractivity contribution is 7.21. The van der Waals surface area contributed by atoms with Gasteiger partial charge in [0.1, 0.15) is 9.71 Å². The summed E-state index contributed by atoms with van der Waals surface area (Å²) in [6, 6.07) is 10.6. The van der Waals surface area contributed by atoms with Gasteiger partial charge in [0, 0.05) is 43.8 Å². The number of piperazine rings is 1. The smallest absolute Gasteiger partial charge is 0.263 e. The van der Waals surface area contributed by atoms with Gasteiger partial charge in [0.15, 0.2) is 0 Å². The van der Waals surface area contributed by atoms with Crippen molar-refractivity contribution in [1.82, 2.24) is 15.6 Å². The molecule has 1 aromatic carbocycles. The van der Waals surface area contributed by atoms with Crippen molar-refractivity contribution in [3.8, 4) is 0 Å². The van der Waals surface area contributed by atoms with E-state index in [9.17, 15) is 9.90 Å². The van der Waals surface area contributed by atoms with Crippen LogP contribution in [0.25, 0.3) is 10.2 Å². The van der Waals surface area contributed by atoms with Crippen molar-refractivity contribution in [1.29, 1.82) is 0 Å². The van der Waals surface area contributed by atoms with E-state index >= 15 is 0 Å². The molecule has 1 aliphatic heterocycles. The first-order valence-corrected chi connectivity index (χ1v) is 11.6. The van der Waals surface area contributed by atoms with Crippen LogP contribution in [0.5, 0.6) is 0 Å². The number of pyridine rings is 1. The van der Waals surface area contributed by atoms with Gasteiger partial charge in [0.25, 0.3) is 5.91 Å². The number of nitrogens with zero attached hydrogens (tertiary/aromatic N) is 2. The fourth-order valence-corrected chi connectivity index (χ4v) is 5.38. The van der Waals surface area contributed by atoms with Crippen LogP contribution < -0.4 is 21.3 Å². The molecule has 1 unspecified atom stereocenters. The van der Waals surface area contributed by atoms with Crippen molar-refractivity contribution in [2.24, 2.45) is 0 Å². The lowest BCUT2D eigenvalue weighted by molar-refractivity contribution is 0.0959. The predicted molar refractivity (Wildman–Crippen MR) is 132 cm³/mol. The minimum Gasteiger partial charge on any atom is -0.397 e. The zero-order valence-electron chi connectivity index (χ0n) is 17.8. The molecule has 5 rings (SSSR count). The maximum absolute atomic E-state index is 12.7. The molecule has 1 saturated heterocycles. The highest BCUT2D eigenvalue weighted by atomic mass is 35.5. The first-order valence-electron chi connectivity index (χ1n) is 10.8. The Kier molecular flexibility index (Phi) is 6.85. The Labute approximate surface area is 197 Å². The van der Waals surface area contributed by atoms with Gasteiger partial charge in [-0.1, -0.05) is 12.1 Å². The molecule has 1 atom stereocenters. The van der Waals surface area contributed by atoms with Crippen molar-refractivity contribution in [3.05, 3.63) is 52.0 Å². The molecule has 2 aromatic heterocycles. The van der Waals surface area contributed by atoms with Crippen LogP contribution >= 0.6 is 23.7 Å². The van der Waals surface area contributed by atoms with Gasteiger partial charge in [-0.25, -0.2) is 4.98 Å². The number of aryl methyl sites for hydroxylation is 1. The third kappa shape index (κ3) is 4.41. The number of nitrogen functional groups attached to an aromatic ring is 1. The summed E-state index contributed by atoms with van der Waals surface area (Å²) in [5, 5.41) is 17.2. The second kappa shape index (κ2) is 9.62. The average molecular weight is 474 g/mol. The quantitative estimate of drug-likeness (QED) is 0.454. The summed E-state index contributed by atoms with van der Waals surface area (Å²) in [6.07, 6.45) is 1.74. The molecule has 3 aromatic rings. The largest absolute Gasteiger partial charge is 0.397 e. The van der Waals surface area contributed by atoms with E-state index in [1.807, 2.05) is 6.07 Å². The Morgan fingerprint density at radius 3 is 2.78 bits per heavy atom. The number of halogens is 1. The van der Waals surface area contributed by atoms with Crippen molar-refractivity contribution >= 4 is 51.2 Å². The number of carbonyl (C=O) groups is 1. The monoisotopic (exact) mass is 473 g/mol. The van der Waals surface area contributed by atoms with E-state index < -0.39 is 6.10 Å². The molecule has 9 heteroatoms. The standard InChI is InChI=1S/C23H27N5O2S.ClH/c24-19-17-13-15-3-6-18(29)20(15)27-23(17)31-21(19)22(30)26-8-7-14-1-4-16(5-2-14)28-11-9-25-10-12-28;/h1-2,4-5,13,18,25,29H,3,6-12,24H2,(H,26,30);1H. The molecule has 0 radical (unpaired) electrons. The van der Waals surface area contributed by atoms with Crippen molar-refractivity contribution < 1.29 is 9.90 Å². The highest BCUT2D eigenvalue weighted by Gasteiger charge is 2.25. The Morgan fingerprint density at radius 2 is 2.03 bits per heavy atom. The van der Waals surface area contributed by atoms with Crippen LogP contribution in [0.15, 0.2) is 30.3 Å². The van der Waals surface area contributed by atoms with Gasteiger partial charge < -0.3 is 26.4 Å². The fourth-order valence-electron chi connectivity index (χ4n) is 4.38. The molecule has 3 heterocycles. The van der Waals surface area contributed by atoms with E-state index in [2.05, 4.69) is 44.8 Å². The molecule has 1 fully saturated rings. The van der Waals surface area contributed by atoms with Gasteiger partial charge in [0.2, 0.25) is 0 Å². The Hall–Kier alpha value is -2.39. The number of fused-ring (bicyclic) bond motifs is 2. The number of amides is 1. The van der Waals surface area contributed by atoms with E-state index in [-0.39, 0.29) is 18.3 Å². The Morgan fingerprint density at radius 1 is 1.28 bits per heavy atom.